The van der Waals surface area contributed by atoms with Gasteiger partial charge in [-0.25, -0.2) is 0 Å². The fourth-order valence-corrected chi connectivity index (χ4v) is 3.83. The fourth-order valence-electron chi connectivity index (χ4n) is 3.17. The largest absolute Gasteiger partial charge is 0.348 e. The molecule has 1 aliphatic rings. The van der Waals surface area contributed by atoms with Gasteiger partial charge in [0.2, 0.25) is 0 Å². The number of benzene rings is 1. The number of nitrogens with zero attached hydrogens (tertiary/aromatic N) is 1. The Morgan fingerprint density at radius 1 is 1.00 bits per heavy atom. The van der Waals surface area contributed by atoms with Crippen LogP contribution in [0, 0.1) is 5.92 Å². The average Bonchev–Trinajstić information content (AvgIpc) is 3.19. The molecule has 0 radical (unpaired) electrons. The summed E-state index contributed by atoms with van der Waals surface area (Å²) in [6.45, 7) is 4.02. The first-order chi connectivity index (χ1) is 12.7. The van der Waals surface area contributed by atoms with Crippen LogP contribution >= 0.6 is 11.3 Å². The van der Waals surface area contributed by atoms with Gasteiger partial charge < -0.3 is 10.6 Å². The highest BCUT2D eigenvalue weighted by atomic mass is 32.1. The highest BCUT2D eigenvalue weighted by molar-refractivity contribution is 7.07. The highest BCUT2D eigenvalue weighted by Crippen LogP contribution is 2.19. The predicted molar refractivity (Wildman–Crippen MR) is 104 cm³/mol. The van der Waals surface area contributed by atoms with Crippen molar-refractivity contribution in [2.24, 2.45) is 5.92 Å². The summed E-state index contributed by atoms with van der Waals surface area (Å²) in [6.07, 6.45) is 2.10. The Morgan fingerprint density at radius 2 is 1.73 bits per heavy atom. The average molecular weight is 372 g/mol. The Balaban J connectivity index is 1.32. The van der Waals surface area contributed by atoms with Gasteiger partial charge in [0, 0.05) is 19.6 Å². The van der Waals surface area contributed by atoms with Crippen molar-refractivity contribution in [1.29, 1.82) is 0 Å². The number of amides is 2. The molecule has 0 bridgehead atoms. The smallest absolute Gasteiger partial charge is 0.309 e. The first-order valence-electron chi connectivity index (χ1n) is 9.04. The van der Waals surface area contributed by atoms with Crippen LogP contribution in [0.1, 0.15) is 24.0 Å². The molecule has 6 heteroatoms. The van der Waals surface area contributed by atoms with E-state index in [1.54, 1.807) is 11.3 Å². The molecule has 0 atom stereocenters. The SMILES string of the molecule is O=C(NCc1ccccc1)C(=O)NCC1CCN(Cc2ccsc2)CC1. The van der Waals surface area contributed by atoms with E-state index < -0.39 is 11.8 Å². The molecular formula is C20H25N3O2S. The van der Waals surface area contributed by atoms with Crippen LogP contribution in [0.3, 0.4) is 0 Å². The van der Waals surface area contributed by atoms with Gasteiger partial charge in [-0.2, -0.15) is 11.3 Å². The topological polar surface area (TPSA) is 61.4 Å². The molecule has 2 amide bonds. The molecule has 0 aliphatic carbocycles. The number of nitrogens with one attached hydrogen (secondary N) is 2. The molecule has 2 N–H and O–H groups in total. The first kappa shape index (κ1) is 18.6. The summed E-state index contributed by atoms with van der Waals surface area (Å²) < 4.78 is 0. The molecule has 1 aliphatic heterocycles. The van der Waals surface area contributed by atoms with Crippen molar-refractivity contribution in [2.75, 3.05) is 19.6 Å². The Bertz CT molecular complexity index is 695. The lowest BCUT2D eigenvalue weighted by molar-refractivity contribution is -0.139. The molecule has 3 rings (SSSR count). The van der Waals surface area contributed by atoms with E-state index in [0.717, 1.165) is 38.0 Å². The third-order valence-electron chi connectivity index (χ3n) is 4.75. The molecule has 1 saturated heterocycles. The zero-order chi connectivity index (χ0) is 18.2. The second-order valence-corrected chi connectivity index (χ2v) is 7.51. The predicted octanol–water partition coefficient (Wildman–Crippen LogP) is 2.39. The highest BCUT2D eigenvalue weighted by Gasteiger charge is 2.21. The third-order valence-corrected chi connectivity index (χ3v) is 5.48. The van der Waals surface area contributed by atoms with Gasteiger partial charge >= 0.3 is 11.8 Å². The van der Waals surface area contributed by atoms with E-state index >= 15 is 0 Å². The van der Waals surface area contributed by atoms with Crippen molar-refractivity contribution in [3.8, 4) is 0 Å². The fraction of sp³-hybridized carbons (Fsp3) is 0.400. The van der Waals surface area contributed by atoms with Crippen molar-refractivity contribution in [3.05, 3.63) is 58.3 Å². The van der Waals surface area contributed by atoms with Crippen molar-refractivity contribution in [3.63, 3.8) is 0 Å². The Labute approximate surface area is 158 Å². The normalized spacial score (nSPS) is 15.5. The van der Waals surface area contributed by atoms with Crippen LogP contribution in [0.4, 0.5) is 0 Å². The monoisotopic (exact) mass is 371 g/mol. The minimum absolute atomic E-state index is 0.369. The van der Waals surface area contributed by atoms with Gasteiger partial charge in [0.25, 0.3) is 0 Å². The lowest BCUT2D eigenvalue weighted by Gasteiger charge is -2.31. The number of hydrogen-bond acceptors (Lipinski definition) is 4. The Kier molecular flexibility index (Phi) is 6.80. The number of hydrogen-bond donors (Lipinski definition) is 2. The maximum Gasteiger partial charge on any atom is 0.309 e. The van der Waals surface area contributed by atoms with Gasteiger partial charge in [0.05, 0.1) is 0 Å². The minimum atomic E-state index is -0.566. The van der Waals surface area contributed by atoms with E-state index in [1.165, 1.54) is 5.56 Å². The van der Waals surface area contributed by atoms with Crippen molar-refractivity contribution in [1.82, 2.24) is 15.5 Å². The number of rotatable bonds is 6. The van der Waals surface area contributed by atoms with Gasteiger partial charge in [-0.3, -0.25) is 14.5 Å². The maximum atomic E-state index is 12.0. The molecule has 1 aromatic carbocycles. The number of likely N-dealkylation sites (tertiary alicyclic amines) is 1. The van der Waals surface area contributed by atoms with Gasteiger partial charge in [0.15, 0.2) is 0 Å². The van der Waals surface area contributed by atoms with Crippen LogP contribution in [0.2, 0.25) is 0 Å². The molecule has 1 aromatic heterocycles. The van der Waals surface area contributed by atoms with E-state index in [0.29, 0.717) is 19.0 Å². The van der Waals surface area contributed by atoms with Crippen molar-refractivity contribution >= 4 is 23.2 Å². The summed E-state index contributed by atoms with van der Waals surface area (Å²) >= 11 is 1.73. The van der Waals surface area contributed by atoms with E-state index in [9.17, 15) is 9.59 Å². The quantitative estimate of drug-likeness (QED) is 0.767. The summed E-state index contributed by atoms with van der Waals surface area (Å²) in [5.74, 6) is -0.662. The Hall–Kier alpha value is -2.18. The molecule has 2 aromatic rings. The summed E-state index contributed by atoms with van der Waals surface area (Å²) in [5, 5.41) is 9.75. The molecule has 138 valence electrons. The standard InChI is InChI=1S/C20H25N3O2S/c24-19(21-12-16-4-2-1-3-5-16)20(25)22-13-17-6-9-23(10-7-17)14-18-8-11-26-15-18/h1-5,8,11,15,17H,6-7,9-10,12-14H2,(H,21,24)(H,22,25). The zero-order valence-corrected chi connectivity index (χ0v) is 15.6. The second kappa shape index (κ2) is 9.50. The van der Waals surface area contributed by atoms with Crippen LogP contribution in [-0.2, 0) is 22.7 Å². The van der Waals surface area contributed by atoms with Gasteiger partial charge in [-0.1, -0.05) is 30.3 Å². The number of piperidine rings is 1. The summed E-state index contributed by atoms with van der Waals surface area (Å²) in [7, 11) is 0. The van der Waals surface area contributed by atoms with Crippen molar-refractivity contribution in [2.45, 2.75) is 25.9 Å². The second-order valence-electron chi connectivity index (χ2n) is 6.73. The van der Waals surface area contributed by atoms with Crippen molar-refractivity contribution < 1.29 is 9.59 Å². The van der Waals surface area contributed by atoms with E-state index in [4.69, 9.17) is 0 Å². The molecular weight excluding hydrogens is 346 g/mol. The zero-order valence-electron chi connectivity index (χ0n) is 14.8. The molecule has 0 saturated carbocycles. The summed E-state index contributed by atoms with van der Waals surface area (Å²) in [6, 6.07) is 11.7. The van der Waals surface area contributed by atoms with Crippen LogP contribution in [0.25, 0.3) is 0 Å². The first-order valence-corrected chi connectivity index (χ1v) is 9.98. The third kappa shape index (κ3) is 5.68. The lowest BCUT2D eigenvalue weighted by Crippen LogP contribution is -2.43. The molecule has 0 spiro atoms. The van der Waals surface area contributed by atoms with Crippen LogP contribution in [0.5, 0.6) is 0 Å². The lowest BCUT2D eigenvalue weighted by atomic mass is 9.96. The number of thiophene rings is 1. The molecule has 0 unspecified atom stereocenters. The van der Waals surface area contributed by atoms with Crippen LogP contribution < -0.4 is 10.6 Å². The maximum absolute atomic E-state index is 12.0. The Morgan fingerprint density at radius 3 is 2.42 bits per heavy atom. The molecule has 2 heterocycles. The number of carbonyl (C=O) groups is 2. The molecule has 1 fully saturated rings. The molecule has 5 nitrogen and oxygen atoms in total. The van der Waals surface area contributed by atoms with Crippen LogP contribution in [-0.4, -0.2) is 36.3 Å². The van der Waals surface area contributed by atoms with E-state index in [1.807, 2.05) is 30.3 Å². The molecule has 26 heavy (non-hydrogen) atoms. The van der Waals surface area contributed by atoms with Gasteiger partial charge in [0.1, 0.15) is 0 Å². The van der Waals surface area contributed by atoms with Gasteiger partial charge in [-0.15, -0.1) is 0 Å². The van der Waals surface area contributed by atoms with E-state index in [-0.39, 0.29) is 0 Å². The summed E-state index contributed by atoms with van der Waals surface area (Å²) in [4.78, 5) is 26.3. The van der Waals surface area contributed by atoms with E-state index in [2.05, 4.69) is 32.4 Å². The number of carbonyl (C=O) groups excluding carboxylic acids is 2. The summed E-state index contributed by atoms with van der Waals surface area (Å²) in [5.41, 5.74) is 2.35. The van der Waals surface area contributed by atoms with Gasteiger partial charge in [-0.05, 0) is 59.8 Å². The van der Waals surface area contributed by atoms with Crippen LogP contribution in [0.15, 0.2) is 47.2 Å². The minimum Gasteiger partial charge on any atom is -0.348 e.